The Morgan fingerprint density at radius 2 is 2.00 bits per heavy atom. The van der Waals surface area contributed by atoms with E-state index in [0.717, 1.165) is 30.0 Å². The van der Waals surface area contributed by atoms with Gasteiger partial charge in [0.05, 0.1) is 24.2 Å². The standard InChI is InChI=1S/C16H13F2N5O2S/c1-25-12-5-3-11(4-6-12)23-16(20-21-22-23)26-9-15(24)19-14-8-10(17)2-7-13(14)18/h2-8H,9H2,1H3,(H,19,24). The molecule has 0 spiro atoms. The molecule has 1 heterocycles. The van der Waals surface area contributed by atoms with Crippen LogP contribution < -0.4 is 10.1 Å². The zero-order chi connectivity index (χ0) is 18.5. The summed E-state index contributed by atoms with van der Waals surface area (Å²) < 4.78 is 33.2. The van der Waals surface area contributed by atoms with Crippen molar-refractivity contribution in [3.05, 3.63) is 54.1 Å². The number of halogens is 2. The second-order valence-electron chi connectivity index (χ2n) is 5.03. The molecule has 0 fully saturated rings. The molecule has 3 rings (SSSR count). The van der Waals surface area contributed by atoms with E-state index in [1.807, 2.05) is 0 Å². The number of anilines is 1. The molecule has 1 amide bonds. The van der Waals surface area contributed by atoms with Crippen LogP contribution in [-0.2, 0) is 4.79 Å². The Hall–Kier alpha value is -3.01. The maximum atomic E-state index is 13.6. The van der Waals surface area contributed by atoms with E-state index in [0.29, 0.717) is 16.6 Å². The first-order valence-electron chi connectivity index (χ1n) is 7.37. The zero-order valence-electron chi connectivity index (χ0n) is 13.5. The summed E-state index contributed by atoms with van der Waals surface area (Å²) in [6, 6.07) is 9.88. The van der Waals surface area contributed by atoms with Gasteiger partial charge in [0, 0.05) is 6.07 Å². The van der Waals surface area contributed by atoms with E-state index >= 15 is 0 Å². The molecule has 1 aromatic heterocycles. The smallest absolute Gasteiger partial charge is 0.234 e. The van der Waals surface area contributed by atoms with Crippen molar-refractivity contribution in [3.8, 4) is 11.4 Å². The van der Waals surface area contributed by atoms with E-state index in [-0.39, 0.29) is 11.4 Å². The van der Waals surface area contributed by atoms with E-state index in [4.69, 9.17) is 4.74 Å². The largest absolute Gasteiger partial charge is 0.497 e. The van der Waals surface area contributed by atoms with Crippen molar-refractivity contribution >= 4 is 23.4 Å². The van der Waals surface area contributed by atoms with Gasteiger partial charge in [0.2, 0.25) is 11.1 Å². The Morgan fingerprint density at radius 3 is 2.73 bits per heavy atom. The number of benzene rings is 2. The van der Waals surface area contributed by atoms with Crippen molar-refractivity contribution in [2.45, 2.75) is 5.16 Å². The van der Waals surface area contributed by atoms with Crippen molar-refractivity contribution in [2.75, 3.05) is 18.2 Å². The predicted molar refractivity (Wildman–Crippen MR) is 91.4 cm³/mol. The number of tetrazole rings is 1. The van der Waals surface area contributed by atoms with Crippen LogP contribution in [0.1, 0.15) is 0 Å². The van der Waals surface area contributed by atoms with E-state index < -0.39 is 17.5 Å². The number of rotatable bonds is 6. The minimum Gasteiger partial charge on any atom is -0.497 e. The number of amides is 1. The minimum atomic E-state index is -0.715. The quantitative estimate of drug-likeness (QED) is 0.665. The van der Waals surface area contributed by atoms with Crippen LogP contribution >= 0.6 is 11.8 Å². The number of ether oxygens (including phenoxy) is 1. The van der Waals surface area contributed by atoms with Gasteiger partial charge in [-0.05, 0) is 46.8 Å². The molecular formula is C16H13F2N5O2S. The Kier molecular flexibility index (Phi) is 5.42. The average Bonchev–Trinajstić information content (AvgIpc) is 3.12. The third-order valence-corrected chi connectivity index (χ3v) is 4.21. The summed E-state index contributed by atoms with van der Waals surface area (Å²) in [5, 5.41) is 14.0. The first-order chi connectivity index (χ1) is 12.6. The Bertz CT molecular complexity index is 917. The molecule has 0 unspecified atom stereocenters. The molecule has 1 N–H and O–H groups in total. The summed E-state index contributed by atoms with van der Waals surface area (Å²) in [6.45, 7) is 0. The molecule has 10 heteroatoms. The number of aromatic nitrogens is 4. The van der Waals surface area contributed by atoms with Gasteiger partial charge in [0.25, 0.3) is 0 Å². The van der Waals surface area contributed by atoms with Crippen molar-refractivity contribution < 1.29 is 18.3 Å². The number of methoxy groups -OCH3 is 1. The van der Waals surface area contributed by atoms with Gasteiger partial charge >= 0.3 is 0 Å². The number of hydrogen-bond acceptors (Lipinski definition) is 6. The lowest BCUT2D eigenvalue weighted by Crippen LogP contribution is -2.15. The van der Waals surface area contributed by atoms with Crippen molar-refractivity contribution in [1.82, 2.24) is 20.2 Å². The van der Waals surface area contributed by atoms with Crippen LogP contribution in [0.3, 0.4) is 0 Å². The number of carbonyl (C=O) groups excluding carboxylic acids is 1. The number of nitrogens with one attached hydrogen (secondary N) is 1. The fourth-order valence-electron chi connectivity index (χ4n) is 2.06. The highest BCUT2D eigenvalue weighted by atomic mass is 32.2. The van der Waals surface area contributed by atoms with Gasteiger partial charge in [-0.15, -0.1) is 5.10 Å². The lowest BCUT2D eigenvalue weighted by molar-refractivity contribution is -0.113. The molecule has 134 valence electrons. The van der Waals surface area contributed by atoms with Crippen LogP contribution in [0.25, 0.3) is 5.69 Å². The van der Waals surface area contributed by atoms with Gasteiger partial charge in [-0.1, -0.05) is 11.8 Å². The van der Waals surface area contributed by atoms with Gasteiger partial charge in [-0.2, -0.15) is 4.68 Å². The van der Waals surface area contributed by atoms with Crippen LogP contribution in [0.4, 0.5) is 14.5 Å². The third kappa shape index (κ3) is 4.14. The third-order valence-electron chi connectivity index (χ3n) is 3.29. The summed E-state index contributed by atoms with van der Waals surface area (Å²) in [5.41, 5.74) is 0.472. The first kappa shape index (κ1) is 17.8. The first-order valence-corrected chi connectivity index (χ1v) is 8.36. The van der Waals surface area contributed by atoms with E-state index in [1.165, 1.54) is 4.68 Å². The summed E-state index contributed by atoms with van der Waals surface area (Å²) in [5.74, 6) is -1.26. The van der Waals surface area contributed by atoms with Crippen LogP contribution in [0.15, 0.2) is 47.6 Å². The lowest BCUT2D eigenvalue weighted by atomic mass is 10.3. The fraction of sp³-hybridized carbons (Fsp3) is 0.125. The Balaban J connectivity index is 1.66. The van der Waals surface area contributed by atoms with Gasteiger partial charge in [-0.3, -0.25) is 4.79 Å². The predicted octanol–water partition coefficient (Wildman–Crippen LogP) is 2.68. The summed E-state index contributed by atoms with van der Waals surface area (Å²) in [7, 11) is 1.56. The molecule has 0 saturated carbocycles. The highest BCUT2D eigenvalue weighted by Gasteiger charge is 2.13. The second-order valence-corrected chi connectivity index (χ2v) is 5.97. The maximum Gasteiger partial charge on any atom is 0.234 e. The molecule has 2 aromatic carbocycles. The van der Waals surface area contributed by atoms with Crippen LogP contribution in [0, 0.1) is 11.6 Å². The van der Waals surface area contributed by atoms with Crippen LogP contribution in [0.5, 0.6) is 5.75 Å². The van der Waals surface area contributed by atoms with Gasteiger partial charge in [-0.25, -0.2) is 8.78 Å². The monoisotopic (exact) mass is 377 g/mol. The van der Waals surface area contributed by atoms with E-state index in [9.17, 15) is 13.6 Å². The molecule has 0 aliphatic carbocycles. The highest BCUT2D eigenvalue weighted by Crippen LogP contribution is 2.21. The average molecular weight is 377 g/mol. The zero-order valence-corrected chi connectivity index (χ0v) is 14.3. The van der Waals surface area contributed by atoms with E-state index in [1.54, 1.807) is 31.4 Å². The van der Waals surface area contributed by atoms with Crippen molar-refractivity contribution in [2.24, 2.45) is 0 Å². The Labute approximate surface area is 151 Å². The van der Waals surface area contributed by atoms with Gasteiger partial charge in [0.15, 0.2) is 0 Å². The molecule has 0 bridgehead atoms. The second kappa shape index (κ2) is 7.91. The SMILES string of the molecule is COc1ccc(-n2nnnc2SCC(=O)Nc2cc(F)ccc2F)cc1. The maximum absolute atomic E-state index is 13.6. The molecule has 0 atom stereocenters. The summed E-state index contributed by atoms with van der Waals surface area (Å²) >= 11 is 1.06. The fourth-order valence-corrected chi connectivity index (χ4v) is 2.75. The molecule has 3 aromatic rings. The van der Waals surface area contributed by atoms with Crippen molar-refractivity contribution in [3.63, 3.8) is 0 Å². The highest BCUT2D eigenvalue weighted by molar-refractivity contribution is 7.99. The molecular weight excluding hydrogens is 364 g/mol. The summed E-state index contributed by atoms with van der Waals surface area (Å²) in [6.07, 6.45) is 0. The summed E-state index contributed by atoms with van der Waals surface area (Å²) in [4.78, 5) is 12.0. The normalized spacial score (nSPS) is 10.6. The van der Waals surface area contributed by atoms with Crippen LogP contribution in [-0.4, -0.2) is 39.0 Å². The molecule has 0 aliphatic rings. The topological polar surface area (TPSA) is 81.9 Å². The minimum absolute atomic E-state index is 0.0769. The number of thioether (sulfide) groups is 1. The molecule has 26 heavy (non-hydrogen) atoms. The molecule has 0 radical (unpaired) electrons. The molecule has 0 saturated heterocycles. The van der Waals surface area contributed by atoms with Gasteiger partial charge < -0.3 is 10.1 Å². The molecule has 7 nitrogen and oxygen atoms in total. The molecule has 0 aliphatic heterocycles. The number of carbonyl (C=O) groups is 1. The van der Waals surface area contributed by atoms with Crippen molar-refractivity contribution in [1.29, 1.82) is 0 Å². The van der Waals surface area contributed by atoms with Crippen LogP contribution in [0.2, 0.25) is 0 Å². The number of nitrogens with zero attached hydrogens (tertiary/aromatic N) is 4. The number of hydrogen-bond donors (Lipinski definition) is 1. The Morgan fingerprint density at radius 1 is 1.23 bits per heavy atom. The van der Waals surface area contributed by atoms with Gasteiger partial charge in [0.1, 0.15) is 17.4 Å². The van der Waals surface area contributed by atoms with E-state index in [2.05, 4.69) is 20.8 Å². The lowest BCUT2D eigenvalue weighted by Gasteiger charge is -2.07.